The van der Waals surface area contributed by atoms with Crippen molar-refractivity contribution in [3.8, 4) is 16.5 Å². The van der Waals surface area contributed by atoms with Gasteiger partial charge in [-0.05, 0) is 17.7 Å². The third-order valence-electron chi connectivity index (χ3n) is 4.52. The van der Waals surface area contributed by atoms with E-state index in [4.69, 9.17) is 11.6 Å². The molecule has 28 heavy (non-hydrogen) atoms. The number of hydrogen-bond acceptors (Lipinski definition) is 5. The number of nitriles is 1. The van der Waals surface area contributed by atoms with Gasteiger partial charge in [-0.1, -0.05) is 41.9 Å². The predicted molar refractivity (Wildman–Crippen MR) is 114 cm³/mol. The summed E-state index contributed by atoms with van der Waals surface area (Å²) in [5.41, 5.74) is 3.62. The highest BCUT2D eigenvalue weighted by molar-refractivity contribution is 7.21. The first-order valence-corrected chi connectivity index (χ1v) is 9.70. The van der Waals surface area contributed by atoms with E-state index < -0.39 is 0 Å². The highest BCUT2D eigenvalue weighted by atomic mass is 35.5. The van der Waals surface area contributed by atoms with Crippen LogP contribution in [0.25, 0.3) is 31.7 Å². The third-order valence-corrected chi connectivity index (χ3v) is 6.02. The number of aromatic nitrogens is 3. The number of anilines is 2. The second-order valence-electron chi connectivity index (χ2n) is 6.20. The number of pyridine rings is 2. The van der Waals surface area contributed by atoms with Gasteiger partial charge in [0.25, 0.3) is 0 Å². The fourth-order valence-corrected chi connectivity index (χ4v) is 4.41. The van der Waals surface area contributed by atoms with Crippen molar-refractivity contribution in [3.63, 3.8) is 0 Å². The van der Waals surface area contributed by atoms with Crippen LogP contribution in [0.3, 0.4) is 0 Å². The van der Waals surface area contributed by atoms with Gasteiger partial charge in [0.05, 0.1) is 28.2 Å². The van der Waals surface area contributed by atoms with E-state index in [2.05, 4.69) is 44.5 Å². The second kappa shape index (κ2) is 6.64. The zero-order valence-electron chi connectivity index (χ0n) is 14.4. The van der Waals surface area contributed by atoms with Crippen molar-refractivity contribution in [1.82, 2.24) is 15.0 Å². The Bertz CT molecular complexity index is 1360. The average Bonchev–Trinajstić information content (AvgIpc) is 3.38. The fourth-order valence-electron chi connectivity index (χ4n) is 3.15. The number of hydrogen-bond donors (Lipinski definition) is 2. The van der Waals surface area contributed by atoms with Crippen molar-refractivity contribution in [3.05, 3.63) is 71.6 Å². The molecule has 0 unspecified atom stereocenters. The molecule has 0 fully saturated rings. The smallest absolute Gasteiger partial charge is 0.138 e. The zero-order chi connectivity index (χ0) is 19.1. The van der Waals surface area contributed by atoms with Crippen LogP contribution in [0.15, 0.2) is 61.1 Å². The number of nitrogens with zero attached hydrogens (tertiary/aromatic N) is 3. The fraction of sp³-hybridized carbons (Fsp3) is 0. The maximum Gasteiger partial charge on any atom is 0.138 e. The van der Waals surface area contributed by atoms with E-state index in [0.717, 1.165) is 31.7 Å². The first-order valence-electron chi connectivity index (χ1n) is 8.51. The zero-order valence-corrected chi connectivity index (χ0v) is 16.0. The van der Waals surface area contributed by atoms with Gasteiger partial charge in [0.1, 0.15) is 16.5 Å². The van der Waals surface area contributed by atoms with Gasteiger partial charge >= 0.3 is 0 Å². The number of H-pyrrole nitrogens is 1. The predicted octanol–water partition coefficient (Wildman–Crippen LogP) is 6.11. The van der Waals surface area contributed by atoms with Gasteiger partial charge in [-0.25, -0.2) is 9.97 Å². The summed E-state index contributed by atoms with van der Waals surface area (Å²) in [6, 6.07) is 16.3. The second-order valence-corrected chi connectivity index (χ2v) is 7.61. The number of fused-ring (bicyclic) bond motifs is 2. The molecule has 5 rings (SSSR count). The summed E-state index contributed by atoms with van der Waals surface area (Å²) in [6.45, 7) is 0. The van der Waals surface area contributed by atoms with Crippen molar-refractivity contribution in [2.24, 2.45) is 0 Å². The molecule has 0 radical (unpaired) electrons. The molecule has 4 aromatic heterocycles. The molecular formula is C21H12ClN5S. The van der Waals surface area contributed by atoms with Crippen LogP contribution in [0.5, 0.6) is 0 Å². The Morgan fingerprint density at radius 2 is 1.93 bits per heavy atom. The summed E-state index contributed by atoms with van der Waals surface area (Å²) >= 11 is 8.15. The number of thiophene rings is 1. The number of benzene rings is 1. The average molecular weight is 402 g/mol. The lowest BCUT2D eigenvalue weighted by molar-refractivity contribution is 1.32. The van der Waals surface area contributed by atoms with Gasteiger partial charge in [-0.15, -0.1) is 11.3 Å². The molecule has 2 N–H and O–H groups in total. The molecule has 0 aliphatic carbocycles. The van der Waals surface area contributed by atoms with Crippen LogP contribution in [0.1, 0.15) is 5.56 Å². The van der Waals surface area contributed by atoms with Crippen molar-refractivity contribution >= 4 is 55.6 Å². The van der Waals surface area contributed by atoms with E-state index in [0.29, 0.717) is 22.0 Å². The monoisotopic (exact) mass is 401 g/mol. The van der Waals surface area contributed by atoms with Crippen molar-refractivity contribution in [2.75, 3.05) is 5.32 Å². The van der Waals surface area contributed by atoms with Crippen LogP contribution in [0.2, 0.25) is 5.02 Å². The van der Waals surface area contributed by atoms with Crippen LogP contribution >= 0.6 is 22.9 Å². The first-order chi connectivity index (χ1) is 13.7. The molecule has 0 saturated carbocycles. The summed E-state index contributed by atoms with van der Waals surface area (Å²) in [5, 5.41) is 15.2. The molecule has 0 saturated heterocycles. The minimum absolute atomic E-state index is 0.454. The number of halogens is 1. The maximum atomic E-state index is 9.61. The van der Waals surface area contributed by atoms with Crippen molar-refractivity contribution in [2.45, 2.75) is 0 Å². The number of nitrogens with one attached hydrogen (secondary N) is 2. The van der Waals surface area contributed by atoms with Gasteiger partial charge in [0.2, 0.25) is 0 Å². The van der Waals surface area contributed by atoms with Gasteiger partial charge in [-0.3, -0.25) is 0 Å². The van der Waals surface area contributed by atoms with Gasteiger partial charge in [0, 0.05) is 28.0 Å². The topological polar surface area (TPSA) is 77.4 Å². The minimum atomic E-state index is 0.454. The molecule has 134 valence electrons. The molecule has 0 spiro atoms. The normalized spacial score (nSPS) is 11.0. The van der Waals surface area contributed by atoms with Crippen LogP contribution in [-0.4, -0.2) is 15.0 Å². The lowest BCUT2D eigenvalue weighted by atomic mass is 10.1. The largest absolute Gasteiger partial charge is 0.351 e. The maximum absolute atomic E-state index is 9.61. The Kier molecular flexibility index (Phi) is 3.97. The molecule has 0 amide bonds. The molecule has 4 heterocycles. The van der Waals surface area contributed by atoms with Crippen molar-refractivity contribution in [1.29, 1.82) is 5.26 Å². The third kappa shape index (κ3) is 2.69. The summed E-state index contributed by atoms with van der Waals surface area (Å²) in [6.07, 6.45) is 5.05. The number of rotatable bonds is 3. The molecule has 5 aromatic rings. The summed E-state index contributed by atoms with van der Waals surface area (Å²) < 4.78 is 0. The summed E-state index contributed by atoms with van der Waals surface area (Å²) in [5.74, 6) is 0. The van der Waals surface area contributed by atoms with Gasteiger partial charge in [-0.2, -0.15) is 5.26 Å². The van der Waals surface area contributed by atoms with E-state index in [1.54, 1.807) is 29.9 Å². The van der Waals surface area contributed by atoms with Gasteiger partial charge < -0.3 is 10.3 Å². The standard InChI is InChI=1S/C21H12ClN5S/c22-18-14-6-7-24-20(14)25-11-16(18)27-19-13(9-23)10-26-21-15(19)8-17(28-21)12-4-2-1-3-5-12/h1-8,10-11H,(H,24,25)(H,26,27). The highest BCUT2D eigenvalue weighted by Crippen LogP contribution is 2.39. The van der Waals surface area contributed by atoms with E-state index in [1.807, 2.05) is 24.3 Å². The molecular weight excluding hydrogens is 390 g/mol. The molecule has 0 atom stereocenters. The molecule has 0 aliphatic heterocycles. The Morgan fingerprint density at radius 1 is 1.07 bits per heavy atom. The summed E-state index contributed by atoms with van der Waals surface area (Å²) in [4.78, 5) is 13.8. The van der Waals surface area contributed by atoms with Crippen LogP contribution in [0, 0.1) is 11.3 Å². The first kappa shape index (κ1) is 16.8. The Balaban J connectivity index is 1.67. The van der Waals surface area contributed by atoms with E-state index in [9.17, 15) is 5.26 Å². The lowest BCUT2D eigenvalue weighted by Crippen LogP contribution is -1.97. The van der Waals surface area contributed by atoms with Crippen LogP contribution in [0.4, 0.5) is 11.4 Å². The van der Waals surface area contributed by atoms with E-state index >= 15 is 0 Å². The van der Waals surface area contributed by atoms with Crippen LogP contribution in [-0.2, 0) is 0 Å². The SMILES string of the molecule is N#Cc1cnc2sc(-c3ccccc3)cc2c1Nc1cnc2[nH]ccc2c1Cl. The Morgan fingerprint density at radius 3 is 2.75 bits per heavy atom. The van der Waals surface area contributed by atoms with Gasteiger partial charge in [0.15, 0.2) is 0 Å². The molecule has 0 aliphatic rings. The van der Waals surface area contributed by atoms with E-state index in [-0.39, 0.29) is 0 Å². The van der Waals surface area contributed by atoms with Crippen molar-refractivity contribution < 1.29 is 0 Å². The summed E-state index contributed by atoms with van der Waals surface area (Å²) in [7, 11) is 0. The molecule has 0 bridgehead atoms. The minimum Gasteiger partial charge on any atom is -0.351 e. The lowest BCUT2D eigenvalue weighted by Gasteiger charge is -2.11. The number of aromatic amines is 1. The van der Waals surface area contributed by atoms with Crippen LogP contribution < -0.4 is 5.32 Å². The quantitative estimate of drug-likeness (QED) is 0.382. The highest BCUT2D eigenvalue weighted by Gasteiger charge is 2.16. The molecule has 7 heteroatoms. The van der Waals surface area contributed by atoms with E-state index in [1.165, 1.54) is 0 Å². The molecule has 1 aromatic carbocycles. The molecule has 5 nitrogen and oxygen atoms in total. The Hall–Kier alpha value is -3.40. The Labute approximate surface area is 169 Å².